The molecule has 172 valence electrons. The standard InChI is InChI=1S/C26H23ClN4O3/c1-16-13-18(7-10-22(16)31-11-12-34-15-23(31)32)26(33)30-24(17-5-3-2-4-6-17)25-28-20-9-8-19(27)14-21(20)29-25/h2-10,13-14,24H,11-12,15H2,1H3,(H,28,29)(H,30,33). The van der Waals surface area contributed by atoms with Crippen molar-refractivity contribution in [2.45, 2.75) is 13.0 Å². The fraction of sp³-hybridized carbons (Fsp3) is 0.192. The average molecular weight is 475 g/mol. The van der Waals surface area contributed by atoms with E-state index in [-0.39, 0.29) is 18.4 Å². The zero-order valence-electron chi connectivity index (χ0n) is 18.5. The third kappa shape index (κ3) is 4.40. The maximum Gasteiger partial charge on any atom is 0.253 e. The summed E-state index contributed by atoms with van der Waals surface area (Å²) in [6, 6.07) is 20.0. The maximum absolute atomic E-state index is 13.3. The van der Waals surface area contributed by atoms with Gasteiger partial charge in [-0.05, 0) is 54.4 Å². The highest BCUT2D eigenvalue weighted by Gasteiger charge is 2.24. The quantitative estimate of drug-likeness (QED) is 0.448. The number of fused-ring (bicyclic) bond motifs is 1. The maximum atomic E-state index is 13.3. The molecule has 1 unspecified atom stereocenters. The van der Waals surface area contributed by atoms with Crippen molar-refractivity contribution in [1.82, 2.24) is 15.3 Å². The highest BCUT2D eigenvalue weighted by molar-refractivity contribution is 6.31. The van der Waals surface area contributed by atoms with Gasteiger partial charge in [0.05, 0.1) is 17.6 Å². The van der Waals surface area contributed by atoms with E-state index < -0.39 is 6.04 Å². The minimum atomic E-state index is -0.485. The van der Waals surface area contributed by atoms with Crippen molar-refractivity contribution in [3.63, 3.8) is 0 Å². The number of hydrogen-bond donors (Lipinski definition) is 2. The zero-order chi connectivity index (χ0) is 23.7. The molecule has 0 spiro atoms. The summed E-state index contributed by atoms with van der Waals surface area (Å²) in [4.78, 5) is 35.2. The number of hydrogen-bond acceptors (Lipinski definition) is 4. The number of benzene rings is 3. The highest BCUT2D eigenvalue weighted by atomic mass is 35.5. The van der Waals surface area contributed by atoms with Gasteiger partial charge in [0, 0.05) is 22.8 Å². The lowest BCUT2D eigenvalue weighted by molar-refractivity contribution is -0.125. The molecule has 5 rings (SSSR count). The second kappa shape index (κ2) is 9.29. The summed E-state index contributed by atoms with van der Waals surface area (Å²) >= 11 is 6.13. The van der Waals surface area contributed by atoms with Crippen LogP contribution in [0.2, 0.25) is 5.02 Å². The third-order valence-corrected chi connectivity index (χ3v) is 6.12. The summed E-state index contributed by atoms with van der Waals surface area (Å²) in [6.07, 6.45) is 0. The Bertz CT molecular complexity index is 1370. The van der Waals surface area contributed by atoms with Gasteiger partial charge in [-0.3, -0.25) is 9.59 Å². The highest BCUT2D eigenvalue weighted by Crippen LogP contribution is 2.26. The van der Waals surface area contributed by atoms with Crippen LogP contribution in [-0.2, 0) is 9.53 Å². The van der Waals surface area contributed by atoms with E-state index in [4.69, 9.17) is 16.3 Å². The molecule has 3 aromatic carbocycles. The van der Waals surface area contributed by atoms with Gasteiger partial charge in [0.1, 0.15) is 18.5 Å². The van der Waals surface area contributed by atoms with Crippen LogP contribution < -0.4 is 10.2 Å². The number of anilines is 1. The molecule has 1 atom stereocenters. The number of aromatic amines is 1. The number of carbonyl (C=O) groups excluding carboxylic acids is 2. The van der Waals surface area contributed by atoms with Crippen molar-refractivity contribution >= 4 is 40.1 Å². The summed E-state index contributed by atoms with van der Waals surface area (Å²) < 4.78 is 5.22. The van der Waals surface area contributed by atoms with Gasteiger partial charge in [-0.1, -0.05) is 41.9 Å². The molecule has 1 aromatic heterocycles. The summed E-state index contributed by atoms with van der Waals surface area (Å²) in [5, 5.41) is 3.71. The van der Waals surface area contributed by atoms with E-state index in [2.05, 4.69) is 15.3 Å². The van der Waals surface area contributed by atoms with Crippen LogP contribution in [0.4, 0.5) is 5.69 Å². The number of H-pyrrole nitrogens is 1. The monoisotopic (exact) mass is 474 g/mol. The van der Waals surface area contributed by atoms with Gasteiger partial charge in [0.2, 0.25) is 0 Å². The molecule has 2 N–H and O–H groups in total. The molecule has 2 amide bonds. The normalized spacial score (nSPS) is 14.9. The van der Waals surface area contributed by atoms with E-state index in [0.717, 1.165) is 27.8 Å². The number of imidazole rings is 1. The molecule has 0 bridgehead atoms. The molecule has 34 heavy (non-hydrogen) atoms. The van der Waals surface area contributed by atoms with Gasteiger partial charge in [0.15, 0.2) is 0 Å². The van der Waals surface area contributed by atoms with Gasteiger partial charge in [-0.15, -0.1) is 0 Å². The zero-order valence-corrected chi connectivity index (χ0v) is 19.3. The SMILES string of the molecule is Cc1cc(C(=O)NC(c2ccccc2)c2nc3cc(Cl)ccc3[nH]2)ccc1N1CCOCC1=O. The number of aryl methyl sites for hydroxylation is 1. The number of morpholine rings is 1. The molecule has 0 saturated carbocycles. The van der Waals surface area contributed by atoms with E-state index in [1.807, 2.05) is 49.4 Å². The molecular weight excluding hydrogens is 452 g/mol. The lowest BCUT2D eigenvalue weighted by atomic mass is 10.0. The number of carbonyl (C=O) groups is 2. The molecule has 2 heterocycles. The van der Waals surface area contributed by atoms with Crippen molar-refractivity contribution in [2.24, 2.45) is 0 Å². The Hall–Kier alpha value is -3.68. The van der Waals surface area contributed by atoms with Crippen LogP contribution in [-0.4, -0.2) is 41.5 Å². The lowest BCUT2D eigenvalue weighted by Gasteiger charge is -2.28. The van der Waals surface area contributed by atoms with Crippen LogP contribution in [0, 0.1) is 6.92 Å². The molecular formula is C26H23ClN4O3. The number of ether oxygens (including phenoxy) is 1. The van der Waals surface area contributed by atoms with Crippen LogP contribution in [0.15, 0.2) is 66.7 Å². The Balaban J connectivity index is 1.45. The first kappa shape index (κ1) is 22.1. The molecule has 7 nitrogen and oxygen atoms in total. The Morgan fingerprint density at radius 3 is 2.74 bits per heavy atom. The van der Waals surface area contributed by atoms with Gasteiger partial charge >= 0.3 is 0 Å². The fourth-order valence-electron chi connectivity index (χ4n) is 4.18. The first-order valence-electron chi connectivity index (χ1n) is 11.0. The Morgan fingerprint density at radius 1 is 1.15 bits per heavy atom. The van der Waals surface area contributed by atoms with Crippen molar-refractivity contribution in [3.05, 3.63) is 94.3 Å². The van der Waals surface area contributed by atoms with E-state index in [0.29, 0.717) is 29.6 Å². The Morgan fingerprint density at radius 2 is 1.97 bits per heavy atom. The van der Waals surface area contributed by atoms with Crippen LogP contribution in [0.3, 0.4) is 0 Å². The van der Waals surface area contributed by atoms with Crippen molar-refractivity contribution < 1.29 is 14.3 Å². The van der Waals surface area contributed by atoms with Crippen LogP contribution in [0.1, 0.15) is 33.4 Å². The van der Waals surface area contributed by atoms with Crippen molar-refractivity contribution in [3.8, 4) is 0 Å². The minimum absolute atomic E-state index is 0.0726. The third-order valence-electron chi connectivity index (χ3n) is 5.88. The molecule has 1 saturated heterocycles. The van der Waals surface area contributed by atoms with Crippen LogP contribution >= 0.6 is 11.6 Å². The molecule has 1 fully saturated rings. The second-order valence-electron chi connectivity index (χ2n) is 8.20. The van der Waals surface area contributed by atoms with Crippen LogP contribution in [0.5, 0.6) is 0 Å². The number of aromatic nitrogens is 2. The predicted molar refractivity (Wildman–Crippen MR) is 131 cm³/mol. The lowest BCUT2D eigenvalue weighted by Crippen LogP contribution is -2.42. The summed E-state index contributed by atoms with van der Waals surface area (Å²) in [5.41, 5.74) is 4.60. The first-order valence-corrected chi connectivity index (χ1v) is 11.4. The smallest absolute Gasteiger partial charge is 0.253 e. The molecule has 0 aliphatic carbocycles. The number of rotatable bonds is 5. The van der Waals surface area contributed by atoms with E-state index in [1.54, 1.807) is 29.2 Å². The largest absolute Gasteiger partial charge is 0.370 e. The Kier molecular flexibility index (Phi) is 6.04. The van der Waals surface area contributed by atoms with Crippen molar-refractivity contribution in [1.29, 1.82) is 0 Å². The topological polar surface area (TPSA) is 87.3 Å². The summed E-state index contributed by atoms with van der Waals surface area (Å²) in [6.45, 7) is 2.96. The van der Waals surface area contributed by atoms with Gasteiger partial charge in [-0.25, -0.2) is 4.98 Å². The van der Waals surface area contributed by atoms with E-state index >= 15 is 0 Å². The van der Waals surface area contributed by atoms with E-state index in [1.165, 1.54) is 0 Å². The summed E-state index contributed by atoms with van der Waals surface area (Å²) in [5.74, 6) is 0.292. The average Bonchev–Trinajstić information content (AvgIpc) is 3.26. The molecule has 1 aliphatic heterocycles. The summed E-state index contributed by atoms with van der Waals surface area (Å²) in [7, 11) is 0. The minimum Gasteiger partial charge on any atom is -0.370 e. The predicted octanol–water partition coefficient (Wildman–Crippen LogP) is 4.41. The molecule has 4 aromatic rings. The molecule has 0 radical (unpaired) electrons. The van der Waals surface area contributed by atoms with Crippen LogP contribution in [0.25, 0.3) is 11.0 Å². The van der Waals surface area contributed by atoms with Crippen molar-refractivity contribution in [2.75, 3.05) is 24.7 Å². The van der Waals surface area contributed by atoms with E-state index in [9.17, 15) is 9.59 Å². The second-order valence-corrected chi connectivity index (χ2v) is 8.64. The fourth-order valence-corrected chi connectivity index (χ4v) is 4.34. The van der Waals surface area contributed by atoms with Gasteiger partial charge < -0.3 is 19.9 Å². The number of nitrogens with one attached hydrogen (secondary N) is 2. The Labute approximate surface area is 201 Å². The molecule has 8 heteroatoms. The molecule has 1 aliphatic rings. The first-order chi connectivity index (χ1) is 16.5. The van der Waals surface area contributed by atoms with Gasteiger partial charge in [-0.2, -0.15) is 0 Å². The van der Waals surface area contributed by atoms with Gasteiger partial charge in [0.25, 0.3) is 11.8 Å². The number of nitrogens with zero attached hydrogens (tertiary/aromatic N) is 2. The number of halogens is 1. The number of amides is 2.